The van der Waals surface area contributed by atoms with Crippen molar-refractivity contribution in [2.75, 3.05) is 31.1 Å². The van der Waals surface area contributed by atoms with Crippen molar-refractivity contribution in [2.45, 2.75) is 13.0 Å². The lowest BCUT2D eigenvalue weighted by Crippen LogP contribution is -2.52. The van der Waals surface area contributed by atoms with Crippen molar-refractivity contribution in [3.63, 3.8) is 0 Å². The van der Waals surface area contributed by atoms with Crippen LogP contribution in [0.2, 0.25) is 0 Å². The highest BCUT2D eigenvalue weighted by Crippen LogP contribution is 2.21. The number of halogens is 1. The van der Waals surface area contributed by atoms with E-state index in [0.29, 0.717) is 18.8 Å². The van der Waals surface area contributed by atoms with Gasteiger partial charge in [0.2, 0.25) is 0 Å². The van der Waals surface area contributed by atoms with E-state index in [9.17, 15) is 9.90 Å². The van der Waals surface area contributed by atoms with Gasteiger partial charge in [0.05, 0.1) is 0 Å². The third-order valence-corrected chi connectivity index (χ3v) is 4.81. The van der Waals surface area contributed by atoms with Crippen LogP contribution in [0.3, 0.4) is 0 Å². The molecule has 0 bridgehead atoms. The number of carbonyl (C=O) groups excluding carboxylic acids is 1. The molecule has 1 saturated heterocycles. The average molecular weight is 405 g/mol. The van der Waals surface area contributed by atoms with Gasteiger partial charge in [-0.3, -0.25) is 4.79 Å². The zero-order valence-corrected chi connectivity index (χ0v) is 15.6. The third-order valence-electron chi connectivity index (χ3n) is 4.28. The number of piperazine rings is 1. The fourth-order valence-electron chi connectivity index (χ4n) is 2.87. The van der Waals surface area contributed by atoms with Crippen LogP contribution >= 0.6 is 15.9 Å². The molecule has 0 radical (unpaired) electrons. The third kappa shape index (κ3) is 4.45. The average Bonchev–Trinajstić information content (AvgIpc) is 2.64. The molecule has 132 valence electrons. The Morgan fingerprint density at radius 1 is 1.04 bits per heavy atom. The van der Waals surface area contributed by atoms with Crippen molar-refractivity contribution in [3.05, 3.63) is 53.0 Å². The van der Waals surface area contributed by atoms with Crippen LogP contribution in [0.25, 0.3) is 0 Å². The molecule has 5 nitrogen and oxygen atoms in total. The lowest BCUT2D eigenvalue weighted by Gasteiger charge is -2.37. The first-order valence-electron chi connectivity index (χ1n) is 8.28. The van der Waals surface area contributed by atoms with Crippen molar-refractivity contribution in [2.24, 2.45) is 0 Å². The number of amides is 1. The zero-order chi connectivity index (χ0) is 17.8. The van der Waals surface area contributed by atoms with E-state index in [0.717, 1.165) is 23.2 Å². The van der Waals surface area contributed by atoms with E-state index in [2.05, 4.69) is 20.8 Å². The van der Waals surface area contributed by atoms with Crippen LogP contribution in [-0.4, -0.2) is 48.2 Å². The molecule has 1 amide bonds. The summed E-state index contributed by atoms with van der Waals surface area (Å²) in [5.74, 6) is 0.955. The molecule has 1 atom stereocenters. The number of anilines is 1. The standard InChI is InChI=1S/C19H21BrN2O3/c1-14(25-18-8-2-15(20)3-9-18)19(24)22-12-10-21(11-13-22)16-4-6-17(23)7-5-16/h2-9,14,23H,10-13H2,1H3. The quantitative estimate of drug-likeness (QED) is 0.849. The van der Waals surface area contributed by atoms with Crippen LogP contribution < -0.4 is 9.64 Å². The fraction of sp³-hybridized carbons (Fsp3) is 0.316. The Labute approximate surface area is 155 Å². The molecule has 3 rings (SSSR count). The first-order valence-corrected chi connectivity index (χ1v) is 9.07. The highest BCUT2D eigenvalue weighted by atomic mass is 79.9. The van der Waals surface area contributed by atoms with Crippen LogP contribution in [0.4, 0.5) is 5.69 Å². The summed E-state index contributed by atoms with van der Waals surface area (Å²) < 4.78 is 6.73. The van der Waals surface area contributed by atoms with Gasteiger partial charge in [-0.15, -0.1) is 0 Å². The lowest BCUT2D eigenvalue weighted by atomic mass is 10.2. The predicted octanol–water partition coefficient (Wildman–Crippen LogP) is 3.27. The molecule has 1 fully saturated rings. The molecule has 25 heavy (non-hydrogen) atoms. The Kier molecular flexibility index (Phi) is 5.48. The molecule has 6 heteroatoms. The molecule has 0 aliphatic carbocycles. The van der Waals surface area contributed by atoms with Crippen molar-refractivity contribution in [1.82, 2.24) is 4.90 Å². The number of phenolic OH excluding ortho intramolecular Hbond substituents is 1. The predicted molar refractivity (Wildman–Crippen MR) is 101 cm³/mol. The van der Waals surface area contributed by atoms with Gasteiger partial charge in [-0.05, 0) is 55.5 Å². The summed E-state index contributed by atoms with van der Waals surface area (Å²) in [5, 5.41) is 9.38. The van der Waals surface area contributed by atoms with Gasteiger partial charge in [0.15, 0.2) is 6.10 Å². The van der Waals surface area contributed by atoms with Crippen LogP contribution in [0, 0.1) is 0 Å². The van der Waals surface area contributed by atoms with Gasteiger partial charge in [-0.25, -0.2) is 0 Å². The molecule has 0 saturated carbocycles. The molecule has 1 unspecified atom stereocenters. The SMILES string of the molecule is CC(Oc1ccc(Br)cc1)C(=O)N1CCN(c2ccc(O)cc2)CC1. The van der Waals surface area contributed by atoms with E-state index >= 15 is 0 Å². The van der Waals surface area contributed by atoms with Crippen molar-refractivity contribution >= 4 is 27.5 Å². The Balaban J connectivity index is 1.53. The number of hydrogen-bond donors (Lipinski definition) is 1. The van der Waals surface area contributed by atoms with Crippen molar-refractivity contribution < 1.29 is 14.6 Å². The zero-order valence-electron chi connectivity index (χ0n) is 14.1. The maximum atomic E-state index is 12.6. The number of hydrogen-bond acceptors (Lipinski definition) is 4. The second-order valence-electron chi connectivity index (χ2n) is 6.04. The minimum atomic E-state index is -0.513. The van der Waals surface area contributed by atoms with Crippen molar-refractivity contribution in [1.29, 1.82) is 0 Å². The van der Waals surface area contributed by atoms with Gasteiger partial charge < -0.3 is 19.6 Å². The largest absolute Gasteiger partial charge is 0.508 e. The van der Waals surface area contributed by atoms with Crippen LogP contribution in [-0.2, 0) is 4.79 Å². The molecule has 1 aliphatic rings. The first-order chi connectivity index (χ1) is 12.0. The monoisotopic (exact) mass is 404 g/mol. The first kappa shape index (κ1) is 17.6. The van der Waals surface area contributed by atoms with Crippen LogP contribution in [0.15, 0.2) is 53.0 Å². The van der Waals surface area contributed by atoms with E-state index in [4.69, 9.17) is 4.74 Å². The summed E-state index contributed by atoms with van der Waals surface area (Å²) in [5.41, 5.74) is 1.06. The van der Waals surface area contributed by atoms with E-state index < -0.39 is 6.10 Å². The Morgan fingerprint density at radius 3 is 2.24 bits per heavy atom. The topological polar surface area (TPSA) is 53.0 Å². The molecular formula is C19H21BrN2O3. The van der Waals surface area contributed by atoms with Gasteiger partial charge in [0, 0.05) is 36.3 Å². The maximum Gasteiger partial charge on any atom is 0.263 e. The van der Waals surface area contributed by atoms with Gasteiger partial charge in [-0.1, -0.05) is 15.9 Å². The summed E-state index contributed by atoms with van der Waals surface area (Å²) in [7, 11) is 0. The lowest BCUT2D eigenvalue weighted by molar-refractivity contribution is -0.138. The van der Waals surface area contributed by atoms with E-state index in [1.54, 1.807) is 19.1 Å². The highest BCUT2D eigenvalue weighted by molar-refractivity contribution is 9.10. The molecular weight excluding hydrogens is 384 g/mol. The molecule has 1 aliphatic heterocycles. The summed E-state index contributed by atoms with van der Waals surface area (Å²) in [6.45, 7) is 4.64. The molecule has 0 spiro atoms. The summed E-state index contributed by atoms with van der Waals surface area (Å²) in [6.07, 6.45) is -0.513. The number of nitrogens with zero attached hydrogens (tertiary/aromatic N) is 2. The van der Waals surface area contributed by atoms with E-state index in [1.807, 2.05) is 41.3 Å². The van der Waals surface area contributed by atoms with Gasteiger partial charge in [0.1, 0.15) is 11.5 Å². The smallest absolute Gasteiger partial charge is 0.263 e. The number of benzene rings is 2. The summed E-state index contributed by atoms with van der Waals surface area (Å²) >= 11 is 3.38. The Hall–Kier alpha value is -2.21. The van der Waals surface area contributed by atoms with E-state index in [1.165, 1.54) is 0 Å². The molecule has 1 heterocycles. The Bertz CT molecular complexity index is 710. The van der Waals surface area contributed by atoms with Gasteiger partial charge in [0.25, 0.3) is 5.91 Å². The Morgan fingerprint density at radius 2 is 1.64 bits per heavy atom. The maximum absolute atomic E-state index is 12.6. The van der Waals surface area contributed by atoms with E-state index in [-0.39, 0.29) is 11.7 Å². The molecule has 2 aromatic carbocycles. The summed E-state index contributed by atoms with van der Waals surface area (Å²) in [6, 6.07) is 14.6. The van der Waals surface area contributed by atoms with Gasteiger partial charge in [-0.2, -0.15) is 0 Å². The number of aromatic hydroxyl groups is 1. The molecule has 2 aromatic rings. The molecule has 1 N–H and O–H groups in total. The van der Waals surface area contributed by atoms with Crippen LogP contribution in [0.1, 0.15) is 6.92 Å². The summed E-state index contributed by atoms with van der Waals surface area (Å²) in [4.78, 5) is 16.7. The highest BCUT2D eigenvalue weighted by Gasteiger charge is 2.26. The minimum absolute atomic E-state index is 0.00766. The molecule has 0 aromatic heterocycles. The fourth-order valence-corrected chi connectivity index (χ4v) is 3.14. The van der Waals surface area contributed by atoms with Crippen molar-refractivity contribution in [3.8, 4) is 11.5 Å². The normalized spacial score (nSPS) is 15.8. The second-order valence-corrected chi connectivity index (χ2v) is 6.96. The second kappa shape index (κ2) is 7.78. The number of carbonyl (C=O) groups is 1. The minimum Gasteiger partial charge on any atom is -0.508 e. The van der Waals surface area contributed by atoms with Gasteiger partial charge >= 0.3 is 0 Å². The number of ether oxygens (including phenoxy) is 1. The van der Waals surface area contributed by atoms with Crippen LogP contribution in [0.5, 0.6) is 11.5 Å². The number of rotatable bonds is 4. The number of phenols is 1.